The first-order valence-electron chi connectivity index (χ1n) is 10.1. The van der Waals surface area contributed by atoms with Crippen LogP contribution in [0.4, 0.5) is 5.82 Å². The van der Waals surface area contributed by atoms with Crippen molar-refractivity contribution in [2.75, 3.05) is 26.1 Å². The largest absolute Gasteiger partial charge is 0.383 e. The molecule has 0 unspecified atom stereocenters. The summed E-state index contributed by atoms with van der Waals surface area (Å²) in [5.74, 6) is 1.28. The maximum absolute atomic E-state index is 5.37. The van der Waals surface area contributed by atoms with E-state index in [0.29, 0.717) is 12.5 Å². The van der Waals surface area contributed by atoms with Gasteiger partial charge in [-0.1, -0.05) is 20.8 Å². The Kier molecular flexibility index (Phi) is 6.04. The minimum Gasteiger partial charge on any atom is -0.383 e. The van der Waals surface area contributed by atoms with E-state index in [0.717, 1.165) is 34.7 Å². The highest BCUT2D eigenvalue weighted by molar-refractivity contribution is 5.86. The van der Waals surface area contributed by atoms with Gasteiger partial charge >= 0.3 is 0 Å². The molecule has 0 saturated carbocycles. The zero-order valence-electron chi connectivity index (χ0n) is 18.1. The summed E-state index contributed by atoms with van der Waals surface area (Å²) < 4.78 is 7.65. The van der Waals surface area contributed by atoms with Crippen molar-refractivity contribution in [2.24, 2.45) is 0 Å². The van der Waals surface area contributed by atoms with Crippen LogP contribution in [0.15, 0.2) is 24.4 Å². The Hall–Kier alpha value is -2.40. The van der Waals surface area contributed by atoms with Crippen molar-refractivity contribution in [1.29, 1.82) is 0 Å². The fourth-order valence-electron chi connectivity index (χ4n) is 3.74. The molecule has 3 rings (SSSR count). The lowest BCUT2D eigenvalue weighted by molar-refractivity contribution is 0.164. The first-order chi connectivity index (χ1) is 13.4. The summed E-state index contributed by atoms with van der Waals surface area (Å²) in [5, 5.41) is 3.27. The Balaban J connectivity index is 2.21. The molecule has 0 aliphatic rings. The van der Waals surface area contributed by atoms with Crippen LogP contribution in [0, 0.1) is 6.92 Å². The molecular formula is C23H32N4O. The molecule has 0 bridgehead atoms. The molecule has 5 heteroatoms. The van der Waals surface area contributed by atoms with Gasteiger partial charge in [0.15, 0.2) is 0 Å². The summed E-state index contributed by atoms with van der Waals surface area (Å²) in [5.41, 5.74) is 7.78. The van der Waals surface area contributed by atoms with E-state index in [-0.39, 0.29) is 6.04 Å². The molecule has 1 N–H and O–H groups in total. The highest BCUT2D eigenvalue weighted by atomic mass is 16.5. The van der Waals surface area contributed by atoms with Crippen LogP contribution in [0.5, 0.6) is 0 Å². The summed E-state index contributed by atoms with van der Waals surface area (Å²) in [6.07, 6.45) is 3.10. The van der Waals surface area contributed by atoms with E-state index < -0.39 is 0 Å². The lowest BCUT2D eigenvalue weighted by Crippen LogP contribution is -2.10. The third-order valence-corrected chi connectivity index (χ3v) is 5.33. The molecule has 0 saturated heterocycles. The van der Waals surface area contributed by atoms with Gasteiger partial charge in [-0.25, -0.2) is 9.97 Å². The molecule has 0 spiro atoms. The molecule has 0 aliphatic heterocycles. The van der Waals surface area contributed by atoms with E-state index in [4.69, 9.17) is 14.7 Å². The molecule has 3 heterocycles. The average Bonchev–Trinajstić information content (AvgIpc) is 3.02. The van der Waals surface area contributed by atoms with Crippen molar-refractivity contribution in [3.63, 3.8) is 0 Å². The zero-order chi connectivity index (χ0) is 20.4. The normalized spacial score (nSPS) is 12.7. The van der Waals surface area contributed by atoms with Gasteiger partial charge in [-0.05, 0) is 55.5 Å². The molecular weight excluding hydrogens is 348 g/mol. The van der Waals surface area contributed by atoms with E-state index in [2.05, 4.69) is 68.9 Å². The maximum atomic E-state index is 5.37. The van der Waals surface area contributed by atoms with Gasteiger partial charge in [-0.3, -0.25) is 0 Å². The van der Waals surface area contributed by atoms with Crippen LogP contribution in [0.25, 0.3) is 22.3 Å². The molecule has 28 heavy (non-hydrogen) atoms. The number of nitrogens with zero attached hydrogens (tertiary/aromatic N) is 3. The Morgan fingerprint density at radius 2 is 1.93 bits per heavy atom. The molecule has 150 valence electrons. The van der Waals surface area contributed by atoms with Crippen molar-refractivity contribution in [2.45, 2.75) is 53.0 Å². The van der Waals surface area contributed by atoms with Crippen molar-refractivity contribution in [3.05, 3.63) is 41.2 Å². The Bertz CT molecular complexity index is 974. The molecule has 3 aromatic heterocycles. The topological polar surface area (TPSA) is 52.0 Å². The number of nitrogens with one attached hydrogen (secondary N) is 1. The molecule has 0 amide bonds. The number of hydrogen-bond acceptors (Lipinski definition) is 4. The number of aromatic nitrogens is 3. The van der Waals surface area contributed by atoms with Crippen LogP contribution in [0.3, 0.4) is 0 Å². The van der Waals surface area contributed by atoms with Gasteiger partial charge in [0, 0.05) is 31.6 Å². The van der Waals surface area contributed by atoms with E-state index in [1.807, 2.05) is 7.05 Å². The second-order valence-electron chi connectivity index (χ2n) is 7.78. The maximum Gasteiger partial charge on any atom is 0.135 e. The lowest BCUT2D eigenvalue weighted by atomic mass is 10.0. The summed E-state index contributed by atoms with van der Waals surface area (Å²) in [7, 11) is 3.67. The van der Waals surface area contributed by atoms with Crippen LogP contribution in [-0.2, 0) is 11.2 Å². The number of aryl methyl sites for hydroxylation is 2. The summed E-state index contributed by atoms with van der Waals surface area (Å²) >= 11 is 0. The van der Waals surface area contributed by atoms with Gasteiger partial charge in [-0.15, -0.1) is 0 Å². The van der Waals surface area contributed by atoms with E-state index in [9.17, 15) is 0 Å². The third kappa shape index (κ3) is 3.63. The lowest BCUT2D eigenvalue weighted by Gasteiger charge is -2.17. The van der Waals surface area contributed by atoms with Gasteiger partial charge in [-0.2, -0.15) is 0 Å². The van der Waals surface area contributed by atoms with Crippen molar-refractivity contribution < 1.29 is 4.74 Å². The first-order valence-corrected chi connectivity index (χ1v) is 10.1. The minimum atomic E-state index is 0.262. The number of anilines is 1. The predicted octanol–water partition coefficient (Wildman–Crippen LogP) is 5.34. The molecule has 0 radical (unpaired) electrons. The average molecular weight is 381 g/mol. The fraction of sp³-hybridized carbons (Fsp3) is 0.478. The molecule has 0 aliphatic carbocycles. The van der Waals surface area contributed by atoms with Gasteiger partial charge in [0.1, 0.15) is 5.82 Å². The van der Waals surface area contributed by atoms with Crippen LogP contribution in [-0.4, -0.2) is 35.3 Å². The van der Waals surface area contributed by atoms with Crippen LogP contribution in [0.2, 0.25) is 0 Å². The predicted molar refractivity (Wildman–Crippen MR) is 117 cm³/mol. The highest BCUT2D eigenvalue weighted by Crippen LogP contribution is 2.34. The standard InChI is InChI=1S/C23H32N4O/c1-8-17-11-20-21(15(4)12-27(20)16(5)13-28-7)26-22(17)18-9-10-19(14(2)3)25-23(18)24-6/h9-12,14,16H,8,13H2,1-7H3,(H,24,25)/t16-/m0/s1. The summed E-state index contributed by atoms with van der Waals surface area (Å²) in [6, 6.07) is 6.82. The van der Waals surface area contributed by atoms with Gasteiger partial charge in [0.25, 0.3) is 0 Å². The number of rotatable bonds is 7. The first kappa shape index (κ1) is 20.3. The molecule has 0 fully saturated rings. The minimum absolute atomic E-state index is 0.262. The quantitative estimate of drug-likeness (QED) is 0.601. The van der Waals surface area contributed by atoms with Crippen LogP contribution < -0.4 is 5.32 Å². The van der Waals surface area contributed by atoms with E-state index in [1.165, 1.54) is 16.6 Å². The molecule has 1 atom stereocenters. The highest BCUT2D eigenvalue weighted by Gasteiger charge is 2.18. The molecule has 5 nitrogen and oxygen atoms in total. The zero-order valence-corrected chi connectivity index (χ0v) is 18.1. The Labute approximate surface area is 168 Å². The number of ether oxygens (including phenoxy) is 1. The van der Waals surface area contributed by atoms with Gasteiger partial charge < -0.3 is 14.6 Å². The number of fused-ring (bicyclic) bond motifs is 1. The number of methoxy groups -OCH3 is 1. The SMILES string of the molecule is CCc1cc2c(nc1-c1ccc(C(C)C)nc1NC)c(C)cn2[C@@H](C)COC. The Morgan fingerprint density at radius 1 is 1.18 bits per heavy atom. The van der Waals surface area contributed by atoms with Crippen molar-refractivity contribution >= 4 is 16.9 Å². The summed E-state index contributed by atoms with van der Waals surface area (Å²) in [6.45, 7) is 11.5. The van der Waals surface area contributed by atoms with E-state index in [1.54, 1.807) is 7.11 Å². The van der Waals surface area contributed by atoms with Gasteiger partial charge in [0.05, 0.1) is 29.4 Å². The number of hydrogen-bond donors (Lipinski definition) is 1. The van der Waals surface area contributed by atoms with Crippen molar-refractivity contribution in [3.8, 4) is 11.3 Å². The van der Waals surface area contributed by atoms with Crippen LogP contribution >= 0.6 is 0 Å². The van der Waals surface area contributed by atoms with Gasteiger partial charge in [0.2, 0.25) is 0 Å². The third-order valence-electron chi connectivity index (χ3n) is 5.33. The van der Waals surface area contributed by atoms with Crippen molar-refractivity contribution in [1.82, 2.24) is 14.5 Å². The van der Waals surface area contributed by atoms with Crippen LogP contribution in [0.1, 0.15) is 56.5 Å². The summed E-state index contributed by atoms with van der Waals surface area (Å²) in [4.78, 5) is 9.95. The Morgan fingerprint density at radius 3 is 2.54 bits per heavy atom. The van der Waals surface area contributed by atoms with E-state index >= 15 is 0 Å². The smallest absolute Gasteiger partial charge is 0.135 e. The molecule has 0 aromatic carbocycles. The second-order valence-corrected chi connectivity index (χ2v) is 7.78. The molecule has 3 aromatic rings. The second kappa shape index (κ2) is 8.31. The monoisotopic (exact) mass is 380 g/mol. The number of pyridine rings is 2. The fourth-order valence-corrected chi connectivity index (χ4v) is 3.74.